The van der Waals surface area contributed by atoms with E-state index in [0.717, 1.165) is 10.8 Å². The zero-order valence-corrected chi connectivity index (χ0v) is 22.0. The lowest BCUT2D eigenvalue weighted by atomic mass is 10.0. The van der Waals surface area contributed by atoms with Gasteiger partial charge in [-0.15, -0.1) is 0 Å². The van der Waals surface area contributed by atoms with Gasteiger partial charge in [0, 0.05) is 31.9 Å². The molecule has 5 aromatic rings. The number of carbonyl (C=O) groups excluding carboxylic acids is 1. The summed E-state index contributed by atoms with van der Waals surface area (Å²) in [7, 11) is 0. The maximum atomic E-state index is 15.8. The number of amides is 1. The van der Waals surface area contributed by atoms with Crippen LogP contribution >= 0.6 is 0 Å². The molecule has 2 unspecified atom stereocenters. The van der Waals surface area contributed by atoms with Gasteiger partial charge in [0.05, 0.1) is 17.2 Å². The van der Waals surface area contributed by atoms with Crippen LogP contribution in [0.25, 0.3) is 27.4 Å². The van der Waals surface area contributed by atoms with E-state index in [9.17, 15) is 14.7 Å². The van der Waals surface area contributed by atoms with Crippen molar-refractivity contribution in [3.8, 4) is 17.2 Å². The van der Waals surface area contributed by atoms with Gasteiger partial charge in [-0.1, -0.05) is 54.6 Å². The van der Waals surface area contributed by atoms with Gasteiger partial charge >= 0.3 is 0 Å². The smallest absolute Gasteiger partial charge is 0.256 e. The van der Waals surface area contributed by atoms with Crippen LogP contribution in [0, 0.1) is 5.82 Å². The number of aliphatic hydroxyl groups is 1. The van der Waals surface area contributed by atoms with Crippen molar-refractivity contribution >= 4 is 33.3 Å². The Morgan fingerprint density at radius 1 is 1.10 bits per heavy atom. The first-order valence-electron chi connectivity index (χ1n) is 13.5. The number of carbonyl (C=O) groups is 1. The highest BCUT2D eigenvalue weighted by molar-refractivity contribution is 6.02. The highest BCUT2D eigenvalue weighted by Gasteiger charge is 2.33. The fourth-order valence-electron chi connectivity index (χ4n) is 5.81. The summed E-state index contributed by atoms with van der Waals surface area (Å²) in [6.07, 6.45) is 1.23. The molecule has 2 aliphatic rings. The molecule has 0 saturated carbocycles. The van der Waals surface area contributed by atoms with E-state index in [1.807, 2.05) is 47.4 Å². The van der Waals surface area contributed by atoms with Crippen molar-refractivity contribution in [3.63, 3.8) is 0 Å². The van der Waals surface area contributed by atoms with Crippen LogP contribution in [-0.4, -0.2) is 41.3 Å². The number of anilines is 1. The molecule has 1 saturated heterocycles. The van der Waals surface area contributed by atoms with Crippen molar-refractivity contribution in [1.82, 2.24) is 9.88 Å². The molecule has 41 heavy (non-hydrogen) atoms. The molecule has 3 heterocycles. The van der Waals surface area contributed by atoms with Crippen molar-refractivity contribution in [2.75, 3.05) is 24.5 Å². The van der Waals surface area contributed by atoms with E-state index in [1.54, 1.807) is 28.8 Å². The van der Waals surface area contributed by atoms with Crippen LogP contribution in [0.1, 0.15) is 28.4 Å². The molecule has 1 amide bonds. The molecule has 0 spiro atoms. The molecule has 2 atom stereocenters. The predicted octanol–water partition coefficient (Wildman–Crippen LogP) is 4.39. The number of pyridine rings is 1. The molecule has 0 radical (unpaired) electrons. The van der Waals surface area contributed by atoms with Gasteiger partial charge in [-0.3, -0.25) is 9.59 Å². The van der Waals surface area contributed by atoms with Gasteiger partial charge in [-0.25, -0.2) is 4.39 Å². The third kappa shape index (κ3) is 4.21. The second kappa shape index (κ2) is 9.72. The van der Waals surface area contributed by atoms with Crippen molar-refractivity contribution in [2.45, 2.75) is 18.6 Å². The predicted molar refractivity (Wildman–Crippen MR) is 156 cm³/mol. The van der Waals surface area contributed by atoms with Gasteiger partial charge in [0.2, 0.25) is 5.43 Å². The van der Waals surface area contributed by atoms with Crippen LogP contribution in [0.3, 0.4) is 0 Å². The number of rotatable bonds is 5. The summed E-state index contributed by atoms with van der Waals surface area (Å²) in [5.74, 6) is -0.588. The van der Waals surface area contributed by atoms with Gasteiger partial charge in [0.25, 0.3) is 5.91 Å². The second-order valence-electron chi connectivity index (χ2n) is 10.6. The third-order valence-electron chi connectivity index (χ3n) is 7.90. The average molecular weight is 551 g/mol. The third-order valence-corrected chi connectivity index (χ3v) is 7.90. The molecule has 7 rings (SSSR count). The number of halogens is 1. The zero-order valence-electron chi connectivity index (χ0n) is 22.0. The summed E-state index contributed by atoms with van der Waals surface area (Å²) >= 11 is 0. The quantitative estimate of drug-likeness (QED) is 0.294. The summed E-state index contributed by atoms with van der Waals surface area (Å²) in [6.45, 7) is 0.912. The maximum Gasteiger partial charge on any atom is 0.256 e. The lowest BCUT2D eigenvalue weighted by Crippen LogP contribution is -2.33. The Labute approximate surface area is 234 Å². The molecule has 8 nitrogen and oxygen atoms in total. The molecule has 9 heteroatoms. The molecule has 2 aliphatic heterocycles. The number of ether oxygens (including phenoxy) is 1. The molecule has 1 fully saturated rings. The zero-order chi connectivity index (χ0) is 28.2. The Morgan fingerprint density at radius 2 is 1.83 bits per heavy atom. The number of aromatic nitrogens is 1. The van der Waals surface area contributed by atoms with E-state index in [4.69, 9.17) is 10.5 Å². The summed E-state index contributed by atoms with van der Waals surface area (Å²) < 4.78 is 24.0. The Bertz CT molecular complexity index is 1910. The minimum Gasteiger partial charge on any atom is -0.451 e. The SMILES string of the molecule is NC1CCN(c2c(F)cc3c(=O)c(C(=O)NCC(O)c4ccccc4)cn4c3c2Oc2cc3ccccc3cc2-4)C1. The fourth-order valence-corrected chi connectivity index (χ4v) is 5.81. The summed E-state index contributed by atoms with van der Waals surface area (Å²) in [6, 6.07) is 21.6. The maximum absolute atomic E-state index is 15.8. The van der Waals surface area contributed by atoms with Crippen LogP contribution in [0.4, 0.5) is 10.1 Å². The Balaban J connectivity index is 1.39. The second-order valence-corrected chi connectivity index (χ2v) is 10.6. The first-order chi connectivity index (χ1) is 19.9. The van der Waals surface area contributed by atoms with Crippen molar-refractivity contribution in [1.29, 1.82) is 0 Å². The monoisotopic (exact) mass is 550 g/mol. The number of nitrogens with two attached hydrogens (primary N) is 1. The van der Waals surface area contributed by atoms with Crippen LogP contribution in [0.15, 0.2) is 83.8 Å². The summed E-state index contributed by atoms with van der Waals surface area (Å²) in [5.41, 5.74) is 7.24. The van der Waals surface area contributed by atoms with E-state index in [0.29, 0.717) is 42.0 Å². The van der Waals surface area contributed by atoms with Crippen LogP contribution in [0.2, 0.25) is 0 Å². The standard InChI is InChI=1S/C32H27FN4O4/c33-24-14-22-28-31(29(24)36-11-10-21(34)16-36)41-27-13-20-9-5-4-8-19(20)12-25(27)37(28)17-23(30(22)39)32(40)35-15-26(38)18-6-2-1-3-7-18/h1-9,12-14,17,21,26,38H,10-11,15-16,34H2,(H,35,40). The molecule has 206 valence electrons. The Hall–Kier alpha value is -4.73. The first-order valence-corrected chi connectivity index (χ1v) is 13.5. The van der Waals surface area contributed by atoms with E-state index in [-0.39, 0.29) is 35.0 Å². The number of nitrogens with one attached hydrogen (secondary N) is 1. The van der Waals surface area contributed by atoms with Crippen molar-refractivity contribution < 1.29 is 19.0 Å². The minimum absolute atomic E-state index is 0.0276. The van der Waals surface area contributed by atoms with Gasteiger partial charge in [0.15, 0.2) is 17.3 Å². The lowest BCUT2D eigenvalue weighted by Gasteiger charge is -2.29. The van der Waals surface area contributed by atoms with Crippen LogP contribution in [0.5, 0.6) is 11.5 Å². The van der Waals surface area contributed by atoms with Crippen LogP contribution < -0.4 is 26.1 Å². The highest BCUT2D eigenvalue weighted by atomic mass is 19.1. The normalized spacial score (nSPS) is 16.5. The summed E-state index contributed by atoms with van der Waals surface area (Å²) in [4.78, 5) is 28.9. The van der Waals surface area contributed by atoms with Gasteiger partial charge < -0.3 is 30.4 Å². The molecular formula is C32H27FN4O4. The fraction of sp³-hybridized carbons (Fsp3) is 0.188. The van der Waals surface area contributed by atoms with E-state index in [2.05, 4.69) is 5.32 Å². The number of fused-ring (bicyclic) bond motifs is 3. The first kappa shape index (κ1) is 25.3. The molecule has 4 aromatic carbocycles. The number of aliphatic hydroxyl groups excluding tert-OH is 1. The summed E-state index contributed by atoms with van der Waals surface area (Å²) in [5, 5.41) is 15.1. The number of hydrogen-bond donors (Lipinski definition) is 3. The molecular weight excluding hydrogens is 523 g/mol. The average Bonchev–Trinajstić information content (AvgIpc) is 3.41. The van der Waals surface area contributed by atoms with Gasteiger partial charge in [-0.2, -0.15) is 0 Å². The molecule has 4 N–H and O–H groups in total. The number of nitrogens with zero attached hydrogens (tertiary/aromatic N) is 2. The Morgan fingerprint density at radius 3 is 2.56 bits per heavy atom. The minimum atomic E-state index is -0.958. The topological polar surface area (TPSA) is 110 Å². The number of benzene rings is 4. The molecule has 0 bridgehead atoms. The van der Waals surface area contributed by atoms with Gasteiger partial charge in [0.1, 0.15) is 16.8 Å². The molecule has 1 aromatic heterocycles. The highest BCUT2D eigenvalue weighted by Crippen LogP contribution is 2.48. The van der Waals surface area contributed by atoms with E-state index >= 15 is 4.39 Å². The van der Waals surface area contributed by atoms with Crippen molar-refractivity contribution in [3.05, 3.63) is 106 Å². The van der Waals surface area contributed by atoms with E-state index < -0.39 is 23.3 Å². The Kier molecular flexibility index (Phi) is 5.99. The van der Waals surface area contributed by atoms with Crippen molar-refractivity contribution in [2.24, 2.45) is 5.73 Å². The molecule has 0 aliphatic carbocycles. The largest absolute Gasteiger partial charge is 0.451 e. The van der Waals surface area contributed by atoms with E-state index in [1.165, 1.54) is 12.3 Å². The number of hydrogen-bond acceptors (Lipinski definition) is 6. The van der Waals surface area contributed by atoms with Gasteiger partial charge in [-0.05, 0) is 41.0 Å². The van der Waals surface area contributed by atoms with Crippen LogP contribution in [-0.2, 0) is 0 Å². The lowest BCUT2D eigenvalue weighted by molar-refractivity contribution is 0.0915.